The Kier molecular flexibility index (Phi) is 5.71. The molecule has 0 saturated carbocycles. The molecule has 7 heteroatoms. The number of nitrogens with one attached hydrogen (secondary N) is 1. The highest BCUT2D eigenvalue weighted by molar-refractivity contribution is 6.30. The Balaban J connectivity index is 1.42. The SMILES string of the molecule is O=C(Nc1cccc(F)c1)C1CCCN(c2ccc(-c3ccc(Cl)cc3)nn2)C1. The molecule has 0 aliphatic carbocycles. The van der Waals surface area contributed by atoms with E-state index in [0.29, 0.717) is 17.3 Å². The molecule has 1 aliphatic rings. The predicted octanol–water partition coefficient (Wildman–Crippen LogP) is 4.79. The van der Waals surface area contributed by atoms with Crippen molar-refractivity contribution in [2.75, 3.05) is 23.3 Å². The van der Waals surface area contributed by atoms with Crippen LogP contribution in [0.1, 0.15) is 12.8 Å². The van der Waals surface area contributed by atoms with Gasteiger partial charge in [0.15, 0.2) is 5.82 Å². The molecule has 1 unspecified atom stereocenters. The quantitative estimate of drug-likeness (QED) is 0.671. The fraction of sp³-hybridized carbons (Fsp3) is 0.227. The van der Waals surface area contributed by atoms with E-state index in [9.17, 15) is 9.18 Å². The number of halogens is 2. The summed E-state index contributed by atoms with van der Waals surface area (Å²) in [6.07, 6.45) is 1.66. The number of rotatable bonds is 4. The smallest absolute Gasteiger partial charge is 0.229 e. The van der Waals surface area contributed by atoms with Gasteiger partial charge in [0.2, 0.25) is 5.91 Å². The van der Waals surface area contributed by atoms with Crippen molar-refractivity contribution in [3.05, 3.63) is 71.5 Å². The maximum atomic E-state index is 13.3. The van der Waals surface area contributed by atoms with Crippen molar-refractivity contribution in [3.63, 3.8) is 0 Å². The van der Waals surface area contributed by atoms with E-state index in [1.807, 2.05) is 36.4 Å². The average Bonchev–Trinajstić information content (AvgIpc) is 2.74. The molecule has 1 atom stereocenters. The van der Waals surface area contributed by atoms with Gasteiger partial charge in [0.1, 0.15) is 5.82 Å². The molecule has 4 rings (SSSR count). The number of benzene rings is 2. The third-order valence-corrected chi connectivity index (χ3v) is 5.25. The zero-order valence-electron chi connectivity index (χ0n) is 15.7. The number of carbonyl (C=O) groups is 1. The highest BCUT2D eigenvalue weighted by atomic mass is 35.5. The van der Waals surface area contributed by atoms with Crippen molar-refractivity contribution in [2.45, 2.75) is 12.8 Å². The first kappa shape index (κ1) is 19.3. The molecule has 0 radical (unpaired) electrons. The standard InChI is InChI=1S/C22H20ClFN4O/c23-17-8-6-15(7-9-17)20-10-11-21(27-26-20)28-12-2-3-16(14-28)22(29)25-19-5-1-4-18(24)13-19/h1,4-11,13,16H,2-3,12,14H2,(H,25,29). The Labute approximate surface area is 173 Å². The molecule has 0 bridgehead atoms. The third kappa shape index (κ3) is 4.71. The fourth-order valence-electron chi connectivity index (χ4n) is 3.48. The summed E-state index contributed by atoms with van der Waals surface area (Å²) in [6, 6.07) is 17.2. The van der Waals surface area contributed by atoms with Crippen molar-refractivity contribution >= 4 is 29.0 Å². The van der Waals surface area contributed by atoms with E-state index in [0.717, 1.165) is 36.5 Å². The van der Waals surface area contributed by atoms with Crippen LogP contribution in [0.4, 0.5) is 15.9 Å². The number of anilines is 2. The van der Waals surface area contributed by atoms with E-state index >= 15 is 0 Å². The van der Waals surface area contributed by atoms with Crippen LogP contribution in [0.25, 0.3) is 11.3 Å². The number of nitrogens with zero attached hydrogens (tertiary/aromatic N) is 3. The fourth-order valence-corrected chi connectivity index (χ4v) is 3.60. The molecule has 3 aromatic rings. The zero-order valence-corrected chi connectivity index (χ0v) is 16.4. The lowest BCUT2D eigenvalue weighted by atomic mass is 9.97. The maximum absolute atomic E-state index is 13.3. The lowest BCUT2D eigenvalue weighted by Crippen LogP contribution is -2.41. The van der Waals surface area contributed by atoms with Gasteiger partial charge in [-0.15, -0.1) is 10.2 Å². The van der Waals surface area contributed by atoms with Crippen LogP contribution >= 0.6 is 11.6 Å². The number of piperidine rings is 1. The predicted molar refractivity (Wildman–Crippen MR) is 112 cm³/mol. The van der Waals surface area contributed by atoms with Crippen LogP contribution < -0.4 is 10.2 Å². The van der Waals surface area contributed by atoms with Crippen molar-refractivity contribution in [3.8, 4) is 11.3 Å². The number of aromatic nitrogens is 2. The van der Waals surface area contributed by atoms with Crippen LogP contribution in [-0.4, -0.2) is 29.2 Å². The van der Waals surface area contributed by atoms with Crippen molar-refractivity contribution < 1.29 is 9.18 Å². The molecule has 1 amide bonds. The van der Waals surface area contributed by atoms with Gasteiger partial charge in [-0.25, -0.2) is 4.39 Å². The Bertz CT molecular complexity index is 994. The molecular formula is C22H20ClFN4O. The van der Waals surface area contributed by atoms with Crippen molar-refractivity contribution in [1.29, 1.82) is 0 Å². The van der Waals surface area contributed by atoms with Crippen LogP contribution in [0.2, 0.25) is 5.02 Å². The number of carbonyl (C=O) groups excluding carboxylic acids is 1. The Morgan fingerprint density at radius 1 is 1.10 bits per heavy atom. The normalized spacial score (nSPS) is 16.5. The van der Waals surface area contributed by atoms with Gasteiger partial charge in [-0.2, -0.15) is 0 Å². The molecule has 0 spiro atoms. The van der Waals surface area contributed by atoms with Gasteiger partial charge in [-0.1, -0.05) is 29.8 Å². The summed E-state index contributed by atoms with van der Waals surface area (Å²) in [5, 5.41) is 12.2. The van der Waals surface area contributed by atoms with Crippen LogP contribution in [0.3, 0.4) is 0 Å². The molecule has 148 valence electrons. The van der Waals surface area contributed by atoms with E-state index in [1.165, 1.54) is 12.1 Å². The van der Waals surface area contributed by atoms with E-state index in [1.54, 1.807) is 12.1 Å². The summed E-state index contributed by atoms with van der Waals surface area (Å²) in [7, 11) is 0. The van der Waals surface area contributed by atoms with E-state index < -0.39 is 0 Å². The molecule has 2 heterocycles. The van der Waals surface area contributed by atoms with Gasteiger partial charge >= 0.3 is 0 Å². The van der Waals surface area contributed by atoms with E-state index in [4.69, 9.17) is 11.6 Å². The van der Waals surface area contributed by atoms with Gasteiger partial charge in [-0.05, 0) is 55.3 Å². The van der Waals surface area contributed by atoms with Crippen molar-refractivity contribution in [1.82, 2.24) is 10.2 Å². The number of hydrogen-bond donors (Lipinski definition) is 1. The van der Waals surface area contributed by atoms with Gasteiger partial charge in [-0.3, -0.25) is 4.79 Å². The Hall–Kier alpha value is -2.99. The summed E-state index contributed by atoms with van der Waals surface area (Å²) in [5.41, 5.74) is 2.18. The van der Waals surface area contributed by atoms with Crippen LogP contribution in [0.5, 0.6) is 0 Å². The first-order chi connectivity index (χ1) is 14.1. The average molecular weight is 411 g/mol. The summed E-state index contributed by atoms with van der Waals surface area (Å²) >= 11 is 5.93. The van der Waals surface area contributed by atoms with Crippen molar-refractivity contribution in [2.24, 2.45) is 5.92 Å². The highest BCUT2D eigenvalue weighted by Crippen LogP contribution is 2.25. The minimum Gasteiger partial charge on any atom is -0.354 e. The lowest BCUT2D eigenvalue weighted by molar-refractivity contribution is -0.120. The summed E-state index contributed by atoms with van der Waals surface area (Å²) < 4.78 is 13.3. The van der Waals surface area contributed by atoms with Gasteiger partial charge < -0.3 is 10.2 Å². The minimum atomic E-state index is -0.371. The van der Waals surface area contributed by atoms with Crippen LogP contribution in [0, 0.1) is 11.7 Å². The third-order valence-electron chi connectivity index (χ3n) is 5.00. The van der Waals surface area contributed by atoms with E-state index in [-0.39, 0.29) is 17.6 Å². The second kappa shape index (κ2) is 8.57. The Morgan fingerprint density at radius 3 is 2.66 bits per heavy atom. The molecule has 29 heavy (non-hydrogen) atoms. The minimum absolute atomic E-state index is 0.106. The second-order valence-corrected chi connectivity index (χ2v) is 7.50. The topological polar surface area (TPSA) is 58.1 Å². The zero-order chi connectivity index (χ0) is 20.2. The molecule has 1 aromatic heterocycles. The Morgan fingerprint density at radius 2 is 1.93 bits per heavy atom. The molecule has 1 N–H and O–H groups in total. The van der Waals surface area contributed by atoms with Crippen LogP contribution in [0.15, 0.2) is 60.7 Å². The monoisotopic (exact) mass is 410 g/mol. The van der Waals surface area contributed by atoms with E-state index in [2.05, 4.69) is 20.4 Å². The first-order valence-electron chi connectivity index (χ1n) is 9.49. The largest absolute Gasteiger partial charge is 0.354 e. The highest BCUT2D eigenvalue weighted by Gasteiger charge is 2.27. The second-order valence-electron chi connectivity index (χ2n) is 7.07. The molecule has 5 nitrogen and oxygen atoms in total. The number of hydrogen-bond acceptors (Lipinski definition) is 4. The van der Waals surface area contributed by atoms with Gasteiger partial charge in [0.05, 0.1) is 11.6 Å². The van der Waals surface area contributed by atoms with Gasteiger partial charge in [0.25, 0.3) is 0 Å². The summed E-state index contributed by atoms with van der Waals surface area (Å²) in [4.78, 5) is 14.7. The maximum Gasteiger partial charge on any atom is 0.229 e. The summed E-state index contributed by atoms with van der Waals surface area (Å²) in [5.74, 6) is 0.0749. The molecular weight excluding hydrogens is 391 g/mol. The molecule has 1 saturated heterocycles. The van der Waals surface area contributed by atoms with Gasteiger partial charge in [0, 0.05) is 29.4 Å². The first-order valence-corrected chi connectivity index (χ1v) is 9.87. The molecule has 1 aliphatic heterocycles. The summed E-state index contributed by atoms with van der Waals surface area (Å²) in [6.45, 7) is 1.37. The van der Waals surface area contributed by atoms with Crippen LogP contribution in [-0.2, 0) is 4.79 Å². The number of amides is 1. The molecule has 2 aromatic carbocycles. The molecule has 1 fully saturated rings. The lowest BCUT2D eigenvalue weighted by Gasteiger charge is -2.32.